The van der Waals surface area contributed by atoms with Crippen molar-refractivity contribution in [1.82, 2.24) is 14.9 Å². The first-order chi connectivity index (χ1) is 11.1. The molecule has 1 atom stereocenters. The minimum absolute atomic E-state index is 0.106. The maximum atomic E-state index is 12.2. The molecule has 0 aromatic carbocycles. The number of hydrogen-bond donors (Lipinski definition) is 1. The molecule has 0 saturated heterocycles. The van der Waals surface area contributed by atoms with Crippen molar-refractivity contribution < 1.29 is 9.53 Å². The number of aromatic nitrogens is 2. The summed E-state index contributed by atoms with van der Waals surface area (Å²) < 4.78 is 5.25. The Morgan fingerprint density at radius 2 is 2.17 bits per heavy atom. The highest BCUT2D eigenvalue weighted by atomic mass is 35.5. The topological polar surface area (TPSA) is 67.3 Å². The number of hydrogen-bond acceptors (Lipinski definition) is 5. The zero-order chi connectivity index (χ0) is 16.7. The van der Waals surface area contributed by atoms with Crippen molar-refractivity contribution in [1.29, 1.82) is 0 Å². The van der Waals surface area contributed by atoms with Crippen LogP contribution in [0.1, 0.15) is 11.7 Å². The van der Waals surface area contributed by atoms with Gasteiger partial charge < -0.3 is 10.1 Å². The van der Waals surface area contributed by atoms with Crippen molar-refractivity contribution in [2.45, 2.75) is 6.04 Å². The molecule has 122 valence electrons. The number of ether oxygens (including phenoxy) is 1. The van der Waals surface area contributed by atoms with Gasteiger partial charge in [-0.05, 0) is 31.3 Å². The lowest BCUT2D eigenvalue weighted by Crippen LogP contribution is -2.35. The fourth-order valence-corrected chi connectivity index (χ4v) is 2.25. The lowest BCUT2D eigenvalue weighted by Gasteiger charge is -2.26. The number of pyridine rings is 2. The third kappa shape index (κ3) is 5.28. The van der Waals surface area contributed by atoms with Crippen LogP contribution in [0.25, 0.3) is 0 Å². The molecule has 6 nitrogen and oxygen atoms in total. The molecule has 0 aliphatic carbocycles. The number of anilines is 1. The number of likely N-dealkylation sites (N-methyl/N-ethyl adjacent to an activating group) is 1. The average molecular weight is 335 g/mol. The molecule has 7 heteroatoms. The van der Waals surface area contributed by atoms with Gasteiger partial charge in [0.15, 0.2) is 0 Å². The van der Waals surface area contributed by atoms with E-state index in [9.17, 15) is 4.79 Å². The molecule has 0 saturated carbocycles. The van der Waals surface area contributed by atoms with Crippen LogP contribution >= 0.6 is 11.6 Å². The van der Waals surface area contributed by atoms with Crippen LogP contribution in [0.5, 0.6) is 0 Å². The van der Waals surface area contributed by atoms with Gasteiger partial charge in [-0.25, -0.2) is 4.98 Å². The summed E-state index contributed by atoms with van der Waals surface area (Å²) in [7, 11) is 3.48. The van der Waals surface area contributed by atoms with E-state index in [1.165, 1.54) is 6.20 Å². The van der Waals surface area contributed by atoms with Crippen molar-refractivity contribution >= 4 is 23.3 Å². The Labute approximate surface area is 140 Å². The van der Waals surface area contributed by atoms with Gasteiger partial charge in [0.05, 0.1) is 29.9 Å². The first-order valence-corrected chi connectivity index (χ1v) is 7.49. The van der Waals surface area contributed by atoms with Gasteiger partial charge in [0.25, 0.3) is 0 Å². The van der Waals surface area contributed by atoms with E-state index in [4.69, 9.17) is 16.3 Å². The predicted molar refractivity (Wildman–Crippen MR) is 89.4 cm³/mol. The van der Waals surface area contributed by atoms with Crippen LogP contribution in [0.3, 0.4) is 0 Å². The molecule has 2 rings (SSSR count). The Kier molecular flexibility index (Phi) is 6.46. The summed E-state index contributed by atoms with van der Waals surface area (Å²) in [5, 5.41) is 3.26. The summed E-state index contributed by atoms with van der Waals surface area (Å²) in [6.45, 7) is 0.634. The fourth-order valence-electron chi connectivity index (χ4n) is 2.14. The van der Waals surface area contributed by atoms with Gasteiger partial charge >= 0.3 is 0 Å². The Hall–Kier alpha value is -2.02. The number of rotatable bonds is 7. The second-order valence-electron chi connectivity index (χ2n) is 5.05. The van der Waals surface area contributed by atoms with Crippen LogP contribution in [-0.4, -0.2) is 48.1 Å². The van der Waals surface area contributed by atoms with E-state index >= 15 is 0 Å². The summed E-state index contributed by atoms with van der Waals surface area (Å²) in [6.07, 6.45) is 3.21. The maximum Gasteiger partial charge on any atom is 0.239 e. The molecular weight excluding hydrogens is 316 g/mol. The number of nitrogens with one attached hydrogen (secondary N) is 1. The lowest BCUT2D eigenvalue weighted by molar-refractivity contribution is -0.117. The van der Waals surface area contributed by atoms with Gasteiger partial charge in [-0.2, -0.15) is 0 Å². The molecule has 0 aliphatic heterocycles. The molecule has 1 unspecified atom stereocenters. The normalized spacial score (nSPS) is 12.2. The molecule has 0 bridgehead atoms. The number of methoxy groups -OCH3 is 1. The van der Waals surface area contributed by atoms with E-state index < -0.39 is 0 Å². The van der Waals surface area contributed by atoms with Crippen molar-refractivity contribution in [3.05, 3.63) is 53.4 Å². The highest BCUT2D eigenvalue weighted by molar-refractivity contribution is 6.30. The van der Waals surface area contributed by atoms with Gasteiger partial charge in [0, 0.05) is 19.5 Å². The summed E-state index contributed by atoms with van der Waals surface area (Å²) in [5.41, 5.74) is 0.856. The van der Waals surface area contributed by atoms with E-state index in [0.29, 0.717) is 17.4 Å². The van der Waals surface area contributed by atoms with E-state index in [1.807, 2.05) is 30.1 Å². The number of carbonyl (C=O) groups excluding carboxylic acids is 1. The first kappa shape index (κ1) is 17.3. The first-order valence-electron chi connectivity index (χ1n) is 7.11. The third-order valence-electron chi connectivity index (χ3n) is 3.27. The number of nitrogens with zero attached hydrogens (tertiary/aromatic N) is 3. The van der Waals surface area contributed by atoms with E-state index in [2.05, 4.69) is 15.3 Å². The van der Waals surface area contributed by atoms with Crippen LogP contribution < -0.4 is 5.32 Å². The van der Waals surface area contributed by atoms with Gasteiger partial charge in [-0.1, -0.05) is 17.7 Å². The smallest absolute Gasteiger partial charge is 0.239 e. The Morgan fingerprint density at radius 1 is 1.35 bits per heavy atom. The second-order valence-corrected chi connectivity index (χ2v) is 5.49. The Bertz CT molecular complexity index is 622. The van der Waals surface area contributed by atoms with Crippen LogP contribution in [0, 0.1) is 0 Å². The minimum atomic E-state index is -0.167. The van der Waals surface area contributed by atoms with Crippen LogP contribution in [0.15, 0.2) is 42.7 Å². The molecule has 2 aromatic heterocycles. The summed E-state index contributed by atoms with van der Waals surface area (Å²) in [5.74, 6) is 0.299. The molecule has 23 heavy (non-hydrogen) atoms. The number of amides is 1. The Balaban J connectivity index is 1.99. The molecule has 0 aliphatic rings. The minimum Gasteiger partial charge on any atom is -0.383 e. The van der Waals surface area contributed by atoms with E-state index in [0.717, 1.165) is 5.69 Å². The quantitative estimate of drug-likeness (QED) is 0.842. The molecular formula is C16H19ClN4O2. The SMILES string of the molecule is COCC(c1ccccn1)N(C)CC(=O)Nc1ccc(Cl)cn1. The van der Waals surface area contributed by atoms with Gasteiger partial charge in [0.1, 0.15) is 5.82 Å². The molecule has 0 fully saturated rings. The highest BCUT2D eigenvalue weighted by Crippen LogP contribution is 2.17. The molecule has 1 N–H and O–H groups in total. The standard InChI is InChI=1S/C16H19ClN4O2/c1-21(14(11-23-2)13-5-3-4-8-18-13)10-16(22)20-15-7-6-12(17)9-19-15/h3-9,14H,10-11H2,1-2H3,(H,19,20,22). The molecule has 2 aromatic rings. The van der Waals surface area contributed by atoms with Crippen molar-refractivity contribution in [3.63, 3.8) is 0 Å². The zero-order valence-electron chi connectivity index (χ0n) is 13.1. The van der Waals surface area contributed by atoms with Crippen molar-refractivity contribution in [2.75, 3.05) is 32.6 Å². The lowest BCUT2D eigenvalue weighted by atomic mass is 10.1. The number of carbonyl (C=O) groups is 1. The fraction of sp³-hybridized carbons (Fsp3) is 0.312. The number of halogens is 1. The summed E-state index contributed by atoms with van der Waals surface area (Å²) in [4.78, 5) is 22.4. The van der Waals surface area contributed by atoms with Gasteiger partial charge in [-0.15, -0.1) is 0 Å². The predicted octanol–water partition coefficient (Wildman–Crippen LogP) is 2.39. The van der Waals surface area contributed by atoms with Crippen LogP contribution in [0.4, 0.5) is 5.82 Å². The van der Waals surface area contributed by atoms with Crippen LogP contribution in [-0.2, 0) is 9.53 Å². The average Bonchev–Trinajstić information content (AvgIpc) is 2.55. The maximum absolute atomic E-state index is 12.2. The molecule has 2 heterocycles. The largest absolute Gasteiger partial charge is 0.383 e. The summed E-state index contributed by atoms with van der Waals surface area (Å²) in [6, 6.07) is 8.91. The van der Waals surface area contributed by atoms with E-state index in [-0.39, 0.29) is 18.5 Å². The monoisotopic (exact) mass is 334 g/mol. The van der Waals surface area contributed by atoms with Crippen molar-refractivity contribution in [2.24, 2.45) is 0 Å². The van der Waals surface area contributed by atoms with Gasteiger partial charge in [0.2, 0.25) is 5.91 Å². The molecule has 1 amide bonds. The van der Waals surface area contributed by atoms with Crippen molar-refractivity contribution in [3.8, 4) is 0 Å². The molecule has 0 radical (unpaired) electrons. The van der Waals surface area contributed by atoms with E-state index in [1.54, 1.807) is 25.4 Å². The Morgan fingerprint density at radius 3 is 2.78 bits per heavy atom. The highest BCUT2D eigenvalue weighted by Gasteiger charge is 2.20. The third-order valence-corrected chi connectivity index (χ3v) is 3.50. The van der Waals surface area contributed by atoms with Crippen LogP contribution in [0.2, 0.25) is 5.02 Å². The summed E-state index contributed by atoms with van der Waals surface area (Å²) >= 11 is 5.77. The second kappa shape index (κ2) is 8.57. The molecule has 0 spiro atoms. The zero-order valence-corrected chi connectivity index (χ0v) is 13.8. The van der Waals surface area contributed by atoms with Gasteiger partial charge in [-0.3, -0.25) is 14.7 Å².